The van der Waals surface area contributed by atoms with Crippen molar-refractivity contribution in [3.63, 3.8) is 0 Å². The number of ether oxygens (including phenoxy) is 1. The van der Waals surface area contributed by atoms with E-state index < -0.39 is 0 Å². The SMILES string of the molecule is COc1cc(C)nc(N2CCN(Cc3ccccn3)CC2)n1. The molecule has 0 spiro atoms. The topological polar surface area (TPSA) is 54.4 Å². The normalized spacial score (nSPS) is 15.8. The van der Waals surface area contributed by atoms with Crippen LogP contribution in [0.2, 0.25) is 0 Å². The zero-order valence-electron chi connectivity index (χ0n) is 13.1. The number of hydrogen-bond donors (Lipinski definition) is 0. The molecule has 0 amide bonds. The maximum absolute atomic E-state index is 5.23. The monoisotopic (exact) mass is 299 g/mol. The van der Waals surface area contributed by atoms with Gasteiger partial charge in [-0.3, -0.25) is 9.88 Å². The minimum Gasteiger partial charge on any atom is -0.481 e. The van der Waals surface area contributed by atoms with Gasteiger partial charge in [-0.25, -0.2) is 4.98 Å². The van der Waals surface area contributed by atoms with Crippen molar-refractivity contribution in [3.05, 3.63) is 41.9 Å². The molecule has 0 radical (unpaired) electrons. The van der Waals surface area contributed by atoms with Gasteiger partial charge in [0.15, 0.2) is 0 Å². The van der Waals surface area contributed by atoms with Gasteiger partial charge in [0, 0.05) is 50.7 Å². The maximum atomic E-state index is 5.23. The van der Waals surface area contributed by atoms with Gasteiger partial charge in [0.05, 0.1) is 12.8 Å². The lowest BCUT2D eigenvalue weighted by Crippen LogP contribution is -2.46. The Morgan fingerprint density at radius 2 is 1.95 bits per heavy atom. The van der Waals surface area contributed by atoms with Gasteiger partial charge in [0.25, 0.3) is 0 Å². The highest BCUT2D eigenvalue weighted by atomic mass is 16.5. The number of aryl methyl sites for hydroxylation is 1. The smallest absolute Gasteiger partial charge is 0.228 e. The van der Waals surface area contributed by atoms with Gasteiger partial charge in [0.1, 0.15) is 0 Å². The quantitative estimate of drug-likeness (QED) is 0.853. The van der Waals surface area contributed by atoms with Crippen LogP contribution >= 0.6 is 0 Å². The van der Waals surface area contributed by atoms with E-state index in [9.17, 15) is 0 Å². The summed E-state index contributed by atoms with van der Waals surface area (Å²) in [5.41, 5.74) is 2.04. The summed E-state index contributed by atoms with van der Waals surface area (Å²) >= 11 is 0. The summed E-state index contributed by atoms with van der Waals surface area (Å²) in [7, 11) is 1.64. The van der Waals surface area contributed by atoms with Crippen LogP contribution in [0.15, 0.2) is 30.5 Å². The molecule has 0 aromatic carbocycles. The van der Waals surface area contributed by atoms with Crippen molar-refractivity contribution in [2.45, 2.75) is 13.5 Å². The summed E-state index contributed by atoms with van der Waals surface area (Å²) in [5, 5.41) is 0. The molecule has 3 heterocycles. The Bertz CT molecular complexity index is 611. The number of hydrogen-bond acceptors (Lipinski definition) is 6. The fourth-order valence-corrected chi connectivity index (χ4v) is 2.60. The van der Waals surface area contributed by atoms with Gasteiger partial charge in [-0.05, 0) is 19.1 Å². The summed E-state index contributed by atoms with van der Waals surface area (Å²) in [6, 6.07) is 7.90. The first-order valence-corrected chi connectivity index (χ1v) is 7.51. The van der Waals surface area contributed by atoms with E-state index in [1.165, 1.54) is 0 Å². The van der Waals surface area contributed by atoms with Crippen LogP contribution in [-0.4, -0.2) is 53.1 Å². The third kappa shape index (κ3) is 3.51. The van der Waals surface area contributed by atoms with Crippen molar-refractivity contribution in [1.82, 2.24) is 19.9 Å². The van der Waals surface area contributed by atoms with Crippen LogP contribution in [0.3, 0.4) is 0 Å². The molecule has 0 atom stereocenters. The van der Waals surface area contributed by atoms with Crippen molar-refractivity contribution in [2.24, 2.45) is 0 Å². The summed E-state index contributed by atoms with van der Waals surface area (Å²) < 4.78 is 5.23. The van der Waals surface area contributed by atoms with Gasteiger partial charge >= 0.3 is 0 Å². The highest BCUT2D eigenvalue weighted by Gasteiger charge is 2.20. The molecular formula is C16H21N5O. The number of nitrogens with zero attached hydrogens (tertiary/aromatic N) is 5. The second-order valence-corrected chi connectivity index (χ2v) is 5.44. The van der Waals surface area contributed by atoms with Gasteiger partial charge in [-0.2, -0.15) is 4.98 Å². The standard InChI is InChI=1S/C16H21N5O/c1-13-11-15(22-2)19-16(18-13)21-9-7-20(8-10-21)12-14-5-3-4-6-17-14/h3-6,11H,7-10,12H2,1-2H3. The lowest BCUT2D eigenvalue weighted by atomic mass is 10.3. The molecule has 6 heteroatoms. The zero-order valence-corrected chi connectivity index (χ0v) is 13.1. The van der Waals surface area contributed by atoms with E-state index in [0.29, 0.717) is 5.88 Å². The van der Waals surface area contributed by atoms with Crippen LogP contribution in [0.4, 0.5) is 5.95 Å². The Morgan fingerprint density at radius 3 is 2.64 bits per heavy atom. The molecule has 3 rings (SSSR count). The van der Waals surface area contributed by atoms with E-state index in [-0.39, 0.29) is 0 Å². The fourth-order valence-electron chi connectivity index (χ4n) is 2.60. The molecule has 116 valence electrons. The number of piperazine rings is 1. The van der Waals surface area contributed by atoms with E-state index in [1.807, 2.05) is 31.3 Å². The molecule has 0 N–H and O–H groups in total. The number of anilines is 1. The minimum absolute atomic E-state index is 0.624. The lowest BCUT2D eigenvalue weighted by molar-refractivity contribution is 0.245. The summed E-state index contributed by atoms with van der Waals surface area (Å²) in [6.45, 7) is 6.66. The molecular weight excluding hydrogens is 278 g/mol. The molecule has 22 heavy (non-hydrogen) atoms. The average molecular weight is 299 g/mol. The van der Waals surface area contributed by atoms with Gasteiger partial charge < -0.3 is 9.64 Å². The first-order valence-electron chi connectivity index (χ1n) is 7.51. The Morgan fingerprint density at radius 1 is 1.14 bits per heavy atom. The largest absolute Gasteiger partial charge is 0.481 e. The molecule has 1 saturated heterocycles. The van der Waals surface area contributed by atoms with E-state index >= 15 is 0 Å². The Balaban J connectivity index is 1.61. The van der Waals surface area contributed by atoms with Crippen LogP contribution in [0, 0.1) is 6.92 Å². The predicted octanol–water partition coefficient (Wildman–Crippen LogP) is 1.51. The van der Waals surface area contributed by atoms with Crippen molar-refractivity contribution in [1.29, 1.82) is 0 Å². The van der Waals surface area contributed by atoms with E-state index in [2.05, 4.69) is 30.8 Å². The van der Waals surface area contributed by atoms with Gasteiger partial charge in [-0.15, -0.1) is 0 Å². The third-order valence-electron chi connectivity index (χ3n) is 3.79. The highest BCUT2D eigenvalue weighted by Crippen LogP contribution is 2.17. The lowest BCUT2D eigenvalue weighted by Gasteiger charge is -2.34. The van der Waals surface area contributed by atoms with Crippen LogP contribution in [0.1, 0.15) is 11.4 Å². The van der Waals surface area contributed by atoms with Gasteiger partial charge in [-0.1, -0.05) is 6.07 Å². The van der Waals surface area contributed by atoms with Crippen LogP contribution in [-0.2, 0) is 6.54 Å². The number of pyridine rings is 1. The fraction of sp³-hybridized carbons (Fsp3) is 0.438. The minimum atomic E-state index is 0.624. The van der Waals surface area contributed by atoms with Crippen molar-refractivity contribution >= 4 is 5.95 Å². The van der Waals surface area contributed by atoms with Crippen LogP contribution in [0.25, 0.3) is 0 Å². The van der Waals surface area contributed by atoms with E-state index in [4.69, 9.17) is 4.74 Å². The third-order valence-corrected chi connectivity index (χ3v) is 3.79. The van der Waals surface area contributed by atoms with E-state index in [0.717, 1.165) is 50.1 Å². The average Bonchev–Trinajstić information content (AvgIpc) is 2.56. The molecule has 1 fully saturated rings. The Labute approximate surface area is 130 Å². The molecule has 0 aliphatic carbocycles. The Kier molecular flexibility index (Phi) is 4.48. The van der Waals surface area contributed by atoms with Crippen LogP contribution in [0.5, 0.6) is 5.88 Å². The number of methoxy groups -OCH3 is 1. The summed E-state index contributed by atoms with van der Waals surface area (Å²) in [4.78, 5) is 18.0. The van der Waals surface area contributed by atoms with Crippen LogP contribution < -0.4 is 9.64 Å². The molecule has 2 aromatic rings. The molecule has 0 saturated carbocycles. The number of rotatable bonds is 4. The first kappa shape index (κ1) is 14.7. The van der Waals surface area contributed by atoms with E-state index in [1.54, 1.807) is 7.11 Å². The molecule has 1 aliphatic rings. The number of aromatic nitrogens is 3. The van der Waals surface area contributed by atoms with Crippen molar-refractivity contribution in [2.75, 3.05) is 38.2 Å². The second-order valence-electron chi connectivity index (χ2n) is 5.44. The van der Waals surface area contributed by atoms with Gasteiger partial charge in [0.2, 0.25) is 11.8 Å². The second kappa shape index (κ2) is 6.70. The maximum Gasteiger partial charge on any atom is 0.228 e. The molecule has 6 nitrogen and oxygen atoms in total. The molecule has 1 aliphatic heterocycles. The Hall–Kier alpha value is -2.21. The first-order chi connectivity index (χ1) is 10.7. The molecule has 2 aromatic heterocycles. The highest BCUT2D eigenvalue weighted by molar-refractivity contribution is 5.35. The predicted molar refractivity (Wildman–Crippen MR) is 85.0 cm³/mol. The van der Waals surface area contributed by atoms with Crippen molar-refractivity contribution < 1.29 is 4.74 Å². The summed E-state index contributed by atoms with van der Waals surface area (Å²) in [6.07, 6.45) is 1.85. The molecule has 0 unspecified atom stereocenters. The van der Waals surface area contributed by atoms with Crippen molar-refractivity contribution in [3.8, 4) is 5.88 Å². The zero-order chi connectivity index (χ0) is 15.4. The molecule has 0 bridgehead atoms. The summed E-state index contributed by atoms with van der Waals surface area (Å²) in [5.74, 6) is 1.38.